The van der Waals surface area contributed by atoms with Crippen molar-refractivity contribution in [1.82, 2.24) is 15.1 Å². The van der Waals surface area contributed by atoms with Crippen LogP contribution in [0.1, 0.15) is 29.8 Å². The molecule has 1 unspecified atom stereocenters. The normalized spacial score (nSPS) is 12.4. The number of nitrogens with zero attached hydrogens (tertiary/aromatic N) is 2. The van der Waals surface area contributed by atoms with Gasteiger partial charge in [0.25, 0.3) is 0 Å². The number of aryl methyl sites for hydroxylation is 1. The number of benzene rings is 2. The minimum absolute atomic E-state index is 0.156. The van der Waals surface area contributed by atoms with Gasteiger partial charge in [0.05, 0.1) is 41.5 Å². The van der Waals surface area contributed by atoms with E-state index in [0.29, 0.717) is 5.56 Å². The maximum atomic E-state index is 14.2. The number of sulfonamides is 1. The number of halogens is 1. The van der Waals surface area contributed by atoms with Gasteiger partial charge in [0.1, 0.15) is 5.82 Å². The lowest BCUT2D eigenvalue weighted by Crippen LogP contribution is -2.28. The fourth-order valence-corrected chi connectivity index (χ4v) is 3.60. The number of hydrogen-bond acceptors (Lipinski definition) is 4. The maximum absolute atomic E-state index is 14.2. The van der Waals surface area contributed by atoms with E-state index in [9.17, 15) is 17.6 Å². The molecular formula is C21H23FN4O3S. The summed E-state index contributed by atoms with van der Waals surface area (Å²) >= 11 is 0. The first-order valence-corrected chi connectivity index (χ1v) is 11.2. The Balaban J connectivity index is 1.71. The van der Waals surface area contributed by atoms with Crippen LogP contribution in [0.5, 0.6) is 0 Å². The highest BCUT2D eigenvalue weighted by molar-refractivity contribution is 7.92. The van der Waals surface area contributed by atoms with Gasteiger partial charge in [-0.1, -0.05) is 24.3 Å². The number of hydrogen-bond donors (Lipinski definition) is 2. The quantitative estimate of drug-likeness (QED) is 0.602. The molecule has 0 aliphatic carbocycles. The van der Waals surface area contributed by atoms with Crippen molar-refractivity contribution in [2.24, 2.45) is 0 Å². The molecule has 1 heterocycles. The smallest absolute Gasteiger partial charge is 0.229 e. The van der Waals surface area contributed by atoms with Gasteiger partial charge in [-0.25, -0.2) is 17.5 Å². The van der Waals surface area contributed by atoms with E-state index in [4.69, 9.17) is 0 Å². The van der Waals surface area contributed by atoms with Crippen LogP contribution in [-0.4, -0.2) is 30.4 Å². The average molecular weight is 431 g/mol. The number of para-hydroxylation sites is 1. The molecule has 2 aromatic carbocycles. The van der Waals surface area contributed by atoms with Gasteiger partial charge in [0.2, 0.25) is 15.9 Å². The molecular weight excluding hydrogens is 407 g/mol. The lowest BCUT2D eigenvalue weighted by molar-refractivity contribution is -0.122. The molecule has 0 radical (unpaired) electrons. The van der Waals surface area contributed by atoms with Gasteiger partial charge in [-0.3, -0.25) is 9.52 Å². The summed E-state index contributed by atoms with van der Waals surface area (Å²) < 4.78 is 40.7. The maximum Gasteiger partial charge on any atom is 0.229 e. The molecule has 7 nitrogen and oxygen atoms in total. The second-order valence-electron chi connectivity index (χ2n) is 7.08. The van der Waals surface area contributed by atoms with Crippen LogP contribution >= 0.6 is 0 Å². The van der Waals surface area contributed by atoms with Crippen LogP contribution < -0.4 is 10.0 Å². The summed E-state index contributed by atoms with van der Waals surface area (Å²) in [6, 6.07) is 15.5. The first-order chi connectivity index (χ1) is 14.1. The monoisotopic (exact) mass is 430 g/mol. The van der Waals surface area contributed by atoms with E-state index in [1.165, 1.54) is 12.1 Å². The second-order valence-corrected chi connectivity index (χ2v) is 8.83. The van der Waals surface area contributed by atoms with Gasteiger partial charge >= 0.3 is 0 Å². The molecule has 1 aromatic heterocycles. The molecule has 0 fully saturated rings. The van der Waals surface area contributed by atoms with Crippen molar-refractivity contribution >= 4 is 21.6 Å². The number of carbonyl (C=O) groups excluding carboxylic acids is 1. The third kappa shape index (κ3) is 5.24. The first-order valence-electron chi connectivity index (χ1n) is 9.30. The van der Waals surface area contributed by atoms with Crippen molar-refractivity contribution in [2.45, 2.75) is 26.3 Å². The Kier molecular flexibility index (Phi) is 6.21. The van der Waals surface area contributed by atoms with E-state index in [1.54, 1.807) is 11.6 Å². The van der Waals surface area contributed by atoms with Gasteiger partial charge in [0.15, 0.2) is 0 Å². The molecule has 0 aliphatic heterocycles. The highest BCUT2D eigenvalue weighted by Gasteiger charge is 2.18. The van der Waals surface area contributed by atoms with Crippen LogP contribution in [-0.2, 0) is 21.4 Å². The van der Waals surface area contributed by atoms with Crippen LogP contribution in [0.4, 0.5) is 10.1 Å². The van der Waals surface area contributed by atoms with Crippen molar-refractivity contribution in [3.63, 3.8) is 0 Å². The fourth-order valence-electron chi connectivity index (χ4n) is 3.04. The highest BCUT2D eigenvalue weighted by Crippen LogP contribution is 2.23. The summed E-state index contributed by atoms with van der Waals surface area (Å²) in [6.07, 6.45) is 0.943. The molecule has 3 rings (SSSR count). The highest BCUT2D eigenvalue weighted by atomic mass is 32.2. The van der Waals surface area contributed by atoms with Crippen molar-refractivity contribution in [2.75, 3.05) is 11.0 Å². The Morgan fingerprint density at radius 1 is 1.17 bits per heavy atom. The lowest BCUT2D eigenvalue weighted by atomic mass is 10.00. The van der Waals surface area contributed by atoms with Crippen LogP contribution in [0.3, 0.4) is 0 Å². The predicted octanol–water partition coefficient (Wildman–Crippen LogP) is 3.11. The third-order valence-corrected chi connectivity index (χ3v) is 5.12. The Labute approximate surface area is 175 Å². The van der Waals surface area contributed by atoms with Gasteiger partial charge < -0.3 is 5.32 Å². The van der Waals surface area contributed by atoms with Crippen molar-refractivity contribution < 1.29 is 17.6 Å². The van der Waals surface area contributed by atoms with Crippen molar-refractivity contribution in [1.29, 1.82) is 0 Å². The Morgan fingerprint density at radius 2 is 1.87 bits per heavy atom. The predicted molar refractivity (Wildman–Crippen MR) is 113 cm³/mol. The molecule has 3 aromatic rings. The standard InChI is InChI=1S/C21H23FN4O3S/c1-14-11-18(26(24-14)17-7-5-4-6-8-17)13-23-21(27)15(2)16-9-10-20(19(22)12-16)25-30(3,28)29/h4-12,15,25H,13H2,1-3H3,(H,23,27). The van der Waals surface area contributed by atoms with Crippen LogP contribution in [0, 0.1) is 12.7 Å². The minimum atomic E-state index is -3.59. The van der Waals surface area contributed by atoms with E-state index in [0.717, 1.165) is 29.4 Å². The van der Waals surface area contributed by atoms with E-state index in [-0.39, 0.29) is 18.1 Å². The lowest BCUT2D eigenvalue weighted by Gasteiger charge is -2.15. The van der Waals surface area contributed by atoms with Crippen molar-refractivity contribution in [3.05, 3.63) is 77.4 Å². The largest absolute Gasteiger partial charge is 0.350 e. The molecule has 158 valence electrons. The molecule has 9 heteroatoms. The number of rotatable bonds is 7. The second kappa shape index (κ2) is 8.66. The molecule has 0 bridgehead atoms. The zero-order valence-electron chi connectivity index (χ0n) is 16.9. The van der Waals surface area contributed by atoms with Gasteiger partial charge in [-0.15, -0.1) is 0 Å². The molecule has 0 saturated carbocycles. The Morgan fingerprint density at radius 3 is 2.50 bits per heavy atom. The molecule has 2 N–H and O–H groups in total. The molecule has 0 aliphatic rings. The molecule has 30 heavy (non-hydrogen) atoms. The van der Waals surface area contributed by atoms with Gasteiger partial charge in [-0.2, -0.15) is 5.10 Å². The first kappa shape index (κ1) is 21.5. The van der Waals surface area contributed by atoms with E-state index >= 15 is 0 Å². The summed E-state index contributed by atoms with van der Waals surface area (Å²) in [5.41, 5.74) is 2.82. The SMILES string of the molecule is Cc1cc(CNC(=O)C(C)c2ccc(NS(C)(=O)=O)c(F)c2)n(-c2ccccc2)n1. The summed E-state index contributed by atoms with van der Waals surface area (Å²) in [7, 11) is -3.59. The summed E-state index contributed by atoms with van der Waals surface area (Å²) in [6.45, 7) is 3.80. The van der Waals surface area contributed by atoms with E-state index in [2.05, 4.69) is 15.1 Å². The number of aromatic nitrogens is 2. The number of amides is 1. The van der Waals surface area contributed by atoms with Crippen molar-refractivity contribution in [3.8, 4) is 5.69 Å². The van der Waals surface area contributed by atoms with E-state index < -0.39 is 21.8 Å². The minimum Gasteiger partial charge on any atom is -0.350 e. The Hall–Kier alpha value is -3.20. The van der Waals surface area contributed by atoms with Crippen LogP contribution in [0.15, 0.2) is 54.6 Å². The zero-order chi connectivity index (χ0) is 21.9. The van der Waals surface area contributed by atoms with Crippen LogP contribution in [0.25, 0.3) is 5.69 Å². The molecule has 0 saturated heterocycles. The molecule has 1 amide bonds. The Bertz CT molecular complexity index is 1160. The number of carbonyl (C=O) groups is 1. The summed E-state index contributed by atoms with van der Waals surface area (Å²) in [5, 5.41) is 7.33. The third-order valence-electron chi connectivity index (χ3n) is 4.53. The van der Waals surface area contributed by atoms with E-state index in [1.807, 2.05) is 43.3 Å². The van der Waals surface area contributed by atoms with Gasteiger partial charge in [0, 0.05) is 0 Å². The summed E-state index contributed by atoms with van der Waals surface area (Å²) in [4.78, 5) is 12.6. The number of anilines is 1. The zero-order valence-corrected chi connectivity index (χ0v) is 17.7. The molecule has 0 spiro atoms. The number of nitrogens with one attached hydrogen (secondary N) is 2. The average Bonchev–Trinajstić information content (AvgIpc) is 3.07. The van der Waals surface area contributed by atoms with Gasteiger partial charge in [-0.05, 0) is 49.7 Å². The summed E-state index contributed by atoms with van der Waals surface area (Å²) in [5.74, 6) is -1.65. The van der Waals surface area contributed by atoms with Crippen LogP contribution in [0.2, 0.25) is 0 Å². The molecule has 1 atom stereocenters. The fraction of sp³-hybridized carbons (Fsp3) is 0.238. The topological polar surface area (TPSA) is 93.1 Å².